The van der Waals surface area contributed by atoms with Crippen molar-refractivity contribution in [2.75, 3.05) is 45.6 Å². The Morgan fingerprint density at radius 2 is 1.89 bits per heavy atom. The van der Waals surface area contributed by atoms with Crippen molar-refractivity contribution in [3.63, 3.8) is 0 Å². The van der Waals surface area contributed by atoms with Crippen LogP contribution in [0.4, 0.5) is 0 Å². The number of guanidine groups is 1. The fourth-order valence-electron chi connectivity index (χ4n) is 2.86. The monoisotopic (exact) mass is 525 g/mol. The molecule has 1 N–H and O–H groups in total. The molecule has 0 spiro atoms. The second-order valence-corrected chi connectivity index (χ2v) is 9.86. The minimum Gasteiger partial charge on any atom is -0.497 e. The molecule has 1 saturated heterocycles. The molecule has 9 heteroatoms. The Balaban J connectivity index is 0.00000392. The molecule has 1 aliphatic heterocycles. The maximum atomic E-state index is 12.2. The Hall–Kier alpha value is -1.23. The van der Waals surface area contributed by atoms with Gasteiger partial charge in [0, 0.05) is 32.6 Å². The van der Waals surface area contributed by atoms with E-state index >= 15 is 0 Å². The quantitative estimate of drug-likeness (QED) is 0.255. The summed E-state index contributed by atoms with van der Waals surface area (Å²) >= 11 is 0. The summed E-state index contributed by atoms with van der Waals surface area (Å²) < 4.78 is 34.5. The molecule has 7 nitrogen and oxygen atoms in total. The standard InChI is InChI=1S/C19H31N3O4S.HI/c1-5-20-18(22-12-14-27(23,24)19(2,3)15-22)21-11-6-13-26-17-9-7-16(25-4)8-10-17;/h7-10H,5-6,11-15H2,1-4H3,(H,20,21);1H. The zero-order chi connectivity index (χ0) is 19.9. The van der Waals surface area contributed by atoms with Gasteiger partial charge in [-0.05, 0) is 45.0 Å². The highest BCUT2D eigenvalue weighted by Gasteiger charge is 2.40. The van der Waals surface area contributed by atoms with Crippen molar-refractivity contribution in [3.8, 4) is 11.5 Å². The van der Waals surface area contributed by atoms with Crippen LogP contribution < -0.4 is 14.8 Å². The number of ether oxygens (including phenoxy) is 2. The van der Waals surface area contributed by atoms with Crippen molar-refractivity contribution >= 4 is 39.8 Å². The summed E-state index contributed by atoms with van der Waals surface area (Å²) in [5.74, 6) is 2.53. The summed E-state index contributed by atoms with van der Waals surface area (Å²) in [6, 6.07) is 7.48. The van der Waals surface area contributed by atoms with E-state index in [0.29, 0.717) is 26.2 Å². The Kier molecular flexibility index (Phi) is 9.82. The van der Waals surface area contributed by atoms with E-state index < -0.39 is 14.6 Å². The third-order valence-corrected chi connectivity index (χ3v) is 7.10. The third kappa shape index (κ3) is 6.68. The van der Waals surface area contributed by atoms with Crippen LogP contribution in [-0.4, -0.2) is 69.7 Å². The van der Waals surface area contributed by atoms with Crippen molar-refractivity contribution < 1.29 is 17.9 Å². The van der Waals surface area contributed by atoms with Crippen LogP contribution >= 0.6 is 24.0 Å². The molecule has 1 aromatic rings. The van der Waals surface area contributed by atoms with E-state index in [1.165, 1.54) is 0 Å². The minimum atomic E-state index is -3.06. The number of sulfone groups is 1. The molecule has 28 heavy (non-hydrogen) atoms. The lowest BCUT2D eigenvalue weighted by molar-refractivity contribution is 0.311. The van der Waals surface area contributed by atoms with Gasteiger partial charge in [0.15, 0.2) is 15.8 Å². The molecule has 0 saturated carbocycles. The first-order valence-electron chi connectivity index (χ1n) is 9.31. The van der Waals surface area contributed by atoms with Gasteiger partial charge in [0.1, 0.15) is 11.5 Å². The molecule has 2 rings (SSSR count). The van der Waals surface area contributed by atoms with Gasteiger partial charge in [0.25, 0.3) is 0 Å². The van der Waals surface area contributed by atoms with E-state index in [1.807, 2.05) is 36.1 Å². The van der Waals surface area contributed by atoms with E-state index in [9.17, 15) is 8.42 Å². The molecule has 0 unspecified atom stereocenters. The van der Waals surface area contributed by atoms with E-state index in [-0.39, 0.29) is 29.7 Å². The largest absolute Gasteiger partial charge is 0.497 e. The molecule has 160 valence electrons. The summed E-state index contributed by atoms with van der Waals surface area (Å²) in [7, 11) is -1.43. The molecule has 1 aromatic carbocycles. The van der Waals surface area contributed by atoms with Crippen LogP contribution in [0, 0.1) is 0 Å². The summed E-state index contributed by atoms with van der Waals surface area (Å²) in [6.45, 7) is 8.40. The van der Waals surface area contributed by atoms with E-state index in [4.69, 9.17) is 9.47 Å². The van der Waals surface area contributed by atoms with Gasteiger partial charge < -0.3 is 19.7 Å². The molecule has 0 radical (unpaired) electrons. The maximum Gasteiger partial charge on any atom is 0.193 e. The average Bonchev–Trinajstić information content (AvgIpc) is 2.63. The summed E-state index contributed by atoms with van der Waals surface area (Å²) in [4.78, 5) is 6.68. The molecule has 0 aliphatic carbocycles. The van der Waals surface area contributed by atoms with Crippen LogP contribution in [0.25, 0.3) is 0 Å². The molecule has 1 heterocycles. The SMILES string of the molecule is CCNC(=NCCCOc1ccc(OC)cc1)N1CCS(=O)(=O)C(C)(C)C1.I. The van der Waals surface area contributed by atoms with Crippen LogP contribution in [0.3, 0.4) is 0 Å². The fourth-order valence-corrected chi connectivity index (χ4v) is 4.23. The number of methoxy groups -OCH3 is 1. The highest BCUT2D eigenvalue weighted by Crippen LogP contribution is 2.23. The van der Waals surface area contributed by atoms with E-state index in [2.05, 4.69) is 10.3 Å². The van der Waals surface area contributed by atoms with Gasteiger partial charge in [0.2, 0.25) is 0 Å². The average molecular weight is 525 g/mol. The fraction of sp³-hybridized carbons (Fsp3) is 0.632. The molecule has 0 amide bonds. The topological polar surface area (TPSA) is 80.2 Å². The lowest BCUT2D eigenvalue weighted by Gasteiger charge is -2.39. The van der Waals surface area contributed by atoms with Crippen molar-refractivity contribution in [3.05, 3.63) is 24.3 Å². The third-order valence-electron chi connectivity index (χ3n) is 4.57. The van der Waals surface area contributed by atoms with Crippen molar-refractivity contribution in [2.24, 2.45) is 4.99 Å². The molecule has 0 bridgehead atoms. The summed E-state index contributed by atoms with van der Waals surface area (Å²) in [5, 5.41) is 3.27. The van der Waals surface area contributed by atoms with E-state index in [0.717, 1.165) is 30.4 Å². The number of hydrogen-bond acceptors (Lipinski definition) is 5. The van der Waals surface area contributed by atoms with Gasteiger partial charge in [0.05, 0.1) is 24.2 Å². The molecular weight excluding hydrogens is 493 g/mol. The molecule has 0 aromatic heterocycles. The minimum absolute atomic E-state index is 0. The van der Waals surface area contributed by atoms with E-state index in [1.54, 1.807) is 21.0 Å². The van der Waals surface area contributed by atoms with Gasteiger partial charge in [-0.1, -0.05) is 0 Å². The second kappa shape index (κ2) is 11.1. The predicted molar refractivity (Wildman–Crippen MR) is 124 cm³/mol. The smallest absolute Gasteiger partial charge is 0.193 e. The molecular formula is C19H32IN3O4S. The van der Waals surface area contributed by atoms with Crippen LogP contribution in [0.15, 0.2) is 29.3 Å². The number of rotatable bonds is 7. The normalized spacial score (nSPS) is 18.1. The molecule has 1 fully saturated rings. The first-order chi connectivity index (χ1) is 12.8. The van der Waals surface area contributed by atoms with Crippen molar-refractivity contribution in [2.45, 2.75) is 31.9 Å². The Morgan fingerprint density at radius 1 is 1.25 bits per heavy atom. The van der Waals surface area contributed by atoms with Gasteiger partial charge in [-0.15, -0.1) is 24.0 Å². The lowest BCUT2D eigenvalue weighted by atomic mass is 10.2. The number of hydrogen-bond donors (Lipinski definition) is 1. The van der Waals surface area contributed by atoms with Crippen molar-refractivity contribution in [1.29, 1.82) is 0 Å². The zero-order valence-corrected chi connectivity index (χ0v) is 20.2. The first kappa shape index (κ1) is 24.8. The number of halogens is 1. The Morgan fingerprint density at radius 3 is 2.46 bits per heavy atom. The summed E-state index contributed by atoms with van der Waals surface area (Å²) in [5.41, 5.74) is 0. The zero-order valence-electron chi connectivity index (χ0n) is 17.1. The molecule has 0 atom stereocenters. The van der Waals surface area contributed by atoms with Gasteiger partial charge in [-0.2, -0.15) is 0 Å². The van der Waals surface area contributed by atoms with Gasteiger partial charge >= 0.3 is 0 Å². The van der Waals surface area contributed by atoms with Crippen LogP contribution in [0.5, 0.6) is 11.5 Å². The number of benzene rings is 1. The van der Waals surface area contributed by atoms with Gasteiger partial charge in [-0.3, -0.25) is 4.99 Å². The lowest BCUT2D eigenvalue weighted by Crippen LogP contribution is -2.57. The molecule has 1 aliphatic rings. The predicted octanol–water partition coefficient (Wildman–Crippen LogP) is 2.56. The summed E-state index contributed by atoms with van der Waals surface area (Å²) in [6.07, 6.45) is 0.774. The maximum absolute atomic E-state index is 12.2. The Bertz CT molecular complexity index is 736. The number of nitrogens with one attached hydrogen (secondary N) is 1. The van der Waals surface area contributed by atoms with Gasteiger partial charge in [-0.25, -0.2) is 8.42 Å². The highest BCUT2D eigenvalue weighted by atomic mass is 127. The van der Waals surface area contributed by atoms with Crippen LogP contribution in [0.2, 0.25) is 0 Å². The van der Waals surface area contributed by atoms with Crippen LogP contribution in [0.1, 0.15) is 27.2 Å². The first-order valence-corrected chi connectivity index (χ1v) is 11.0. The Labute approximate surface area is 185 Å². The highest BCUT2D eigenvalue weighted by molar-refractivity contribution is 14.0. The number of nitrogens with zero attached hydrogens (tertiary/aromatic N) is 2. The second-order valence-electron chi connectivity index (χ2n) is 7.11. The van der Waals surface area contributed by atoms with Crippen LogP contribution in [-0.2, 0) is 9.84 Å². The van der Waals surface area contributed by atoms with Crippen molar-refractivity contribution in [1.82, 2.24) is 10.2 Å². The number of aliphatic imine (C=N–C) groups is 1.